The number of thioether (sulfide) groups is 1. The maximum atomic E-state index is 11.9. The molecule has 0 aromatic carbocycles. The molecule has 2 fully saturated rings. The highest BCUT2D eigenvalue weighted by molar-refractivity contribution is 7.99. The molecule has 86 valence electrons. The van der Waals surface area contributed by atoms with E-state index in [0.29, 0.717) is 11.3 Å². The van der Waals surface area contributed by atoms with Crippen LogP contribution >= 0.6 is 11.8 Å². The minimum Gasteiger partial charge on any atom is -0.351 e. The van der Waals surface area contributed by atoms with E-state index in [9.17, 15) is 4.79 Å². The van der Waals surface area contributed by atoms with Gasteiger partial charge in [-0.2, -0.15) is 11.8 Å². The van der Waals surface area contributed by atoms with Crippen LogP contribution in [-0.2, 0) is 4.79 Å². The largest absolute Gasteiger partial charge is 0.351 e. The lowest BCUT2D eigenvalue weighted by molar-refractivity contribution is -0.123. The van der Waals surface area contributed by atoms with E-state index in [1.165, 1.54) is 12.8 Å². The van der Waals surface area contributed by atoms with Gasteiger partial charge in [-0.05, 0) is 38.5 Å². The first-order valence-corrected chi connectivity index (χ1v) is 7.16. The Bertz CT molecular complexity index is 229. The highest BCUT2D eigenvalue weighted by Gasteiger charge is 2.30. The molecule has 3 unspecified atom stereocenters. The van der Waals surface area contributed by atoms with Crippen molar-refractivity contribution in [3.63, 3.8) is 0 Å². The van der Waals surface area contributed by atoms with E-state index in [1.54, 1.807) is 0 Å². The molecule has 0 aromatic heterocycles. The van der Waals surface area contributed by atoms with Crippen LogP contribution < -0.4 is 10.6 Å². The molecule has 1 amide bonds. The summed E-state index contributed by atoms with van der Waals surface area (Å²) in [5, 5.41) is 7.08. The molecule has 1 saturated carbocycles. The van der Waals surface area contributed by atoms with Gasteiger partial charge < -0.3 is 10.6 Å². The van der Waals surface area contributed by atoms with Crippen LogP contribution in [0, 0.1) is 0 Å². The average Bonchev–Trinajstić information content (AvgIpc) is 2.87. The van der Waals surface area contributed by atoms with Crippen LogP contribution in [0.5, 0.6) is 0 Å². The van der Waals surface area contributed by atoms with Gasteiger partial charge in [0.1, 0.15) is 0 Å². The molecule has 3 atom stereocenters. The SMILES string of the molecule is CSC1CCCC1NC(=O)C1CCCN1. The molecule has 0 spiro atoms. The van der Waals surface area contributed by atoms with Crippen molar-refractivity contribution < 1.29 is 4.79 Å². The Kier molecular flexibility index (Phi) is 3.92. The van der Waals surface area contributed by atoms with Crippen LogP contribution in [0.4, 0.5) is 0 Å². The first-order valence-electron chi connectivity index (χ1n) is 5.88. The molecule has 0 bridgehead atoms. The van der Waals surface area contributed by atoms with Crippen molar-refractivity contribution in [2.24, 2.45) is 0 Å². The number of rotatable bonds is 3. The number of amides is 1. The summed E-state index contributed by atoms with van der Waals surface area (Å²) in [6, 6.07) is 0.489. The molecule has 1 saturated heterocycles. The normalized spacial score (nSPS) is 35.7. The topological polar surface area (TPSA) is 41.1 Å². The molecule has 2 N–H and O–H groups in total. The van der Waals surface area contributed by atoms with Crippen molar-refractivity contribution in [1.82, 2.24) is 10.6 Å². The summed E-state index contributed by atoms with van der Waals surface area (Å²) in [6.45, 7) is 0.995. The van der Waals surface area contributed by atoms with Crippen molar-refractivity contribution in [2.75, 3.05) is 12.8 Å². The second-order valence-electron chi connectivity index (χ2n) is 4.47. The van der Waals surface area contributed by atoms with Crippen molar-refractivity contribution in [2.45, 2.75) is 49.4 Å². The van der Waals surface area contributed by atoms with Crippen LogP contribution in [0.15, 0.2) is 0 Å². The Hall–Kier alpha value is -0.220. The molecule has 3 nitrogen and oxygen atoms in total. The third kappa shape index (κ3) is 2.67. The number of hydrogen-bond donors (Lipinski definition) is 2. The van der Waals surface area contributed by atoms with Gasteiger partial charge in [0.25, 0.3) is 0 Å². The quantitative estimate of drug-likeness (QED) is 0.761. The summed E-state index contributed by atoms with van der Waals surface area (Å²) in [6.07, 6.45) is 7.95. The van der Waals surface area contributed by atoms with Gasteiger partial charge >= 0.3 is 0 Å². The molecule has 1 aliphatic carbocycles. The Morgan fingerprint density at radius 2 is 2.20 bits per heavy atom. The van der Waals surface area contributed by atoms with E-state index in [2.05, 4.69) is 16.9 Å². The lowest BCUT2D eigenvalue weighted by Gasteiger charge is -2.21. The van der Waals surface area contributed by atoms with Crippen LogP contribution in [0.25, 0.3) is 0 Å². The fraction of sp³-hybridized carbons (Fsp3) is 0.909. The second kappa shape index (κ2) is 5.21. The van der Waals surface area contributed by atoms with Crippen LogP contribution in [0.1, 0.15) is 32.1 Å². The van der Waals surface area contributed by atoms with Crippen molar-refractivity contribution in [3.8, 4) is 0 Å². The van der Waals surface area contributed by atoms with Gasteiger partial charge in [0.15, 0.2) is 0 Å². The molecular formula is C11H20N2OS. The zero-order valence-electron chi connectivity index (χ0n) is 9.29. The Morgan fingerprint density at radius 1 is 1.33 bits per heavy atom. The third-order valence-corrected chi connectivity index (χ3v) is 4.63. The second-order valence-corrected chi connectivity index (χ2v) is 5.55. The van der Waals surface area contributed by atoms with Gasteiger partial charge in [-0.1, -0.05) is 6.42 Å². The van der Waals surface area contributed by atoms with E-state index in [0.717, 1.165) is 25.8 Å². The van der Waals surface area contributed by atoms with E-state index in [4.69, 9.17) is 0 Å². The number of hydrogen-bond acceptors (Lipinski definition) is 3. The van der Waals surface area contributed by atoms with Crippen LogP contribution in [0.3, 0.4) is 0 Å². The minimum absolute atomic E-state index is 0.0770. The van der Waals surface area contributed by atoms with E-state index in [-0.39, 0.29) is 11.9 Å². The molecule has 2 aliphatic rings. The van der Waals surface area contributed by atoms with Gasteiger partial charge in [-0.3, -0.25) is 4.79 Å². The van der Waals surface area contributed by atoms with Crippen molar-refractivity contribution >= 4 is 17.7 Å². The summed E-state index contributed by atoms with van der Waals surface area (Å²) < 4.78 is 0. The Labute approximate surface area is 95.8 Å². The average molecular weight is 228 g/mol. The molecule has 1 aliphatic heterocycles. The van der Waals surface area contributed by atoms with E-state index in [1.807, 2.05) is 11.8 Å². The van der Waals surface area contributed by atoms with Crippen molar-refractivity contribution in [1.29, 1.82) is 0 Å². The third-order valence-electron chi connectivity index (χ3n) is 3.46. The van der Waals surface area contributed by atoms with E-state index < -0.39 is 0 Å². The molecule has 0 radical (unpaired) electrons. The fourth-order valence-electron chi connectivity index (χ4n) is 2.56. The lowest BCUT2D eigenvalue weighted by Crippen LogP contribution is -2.47. The number of carbonyl (C=O) groups excluding carboxylic acids is 1. The predicted molar refractivity (Wildman–Crippen MR) is 64.1 cm³/mol. The Morgan fingerprint density at radius 3 is 2.87 bits per heavy atom. The molecule has 2 rings (SSSR count). The van der Waals surface area contributed by atoms with Crippen LogP contribution in [-0.4, -0.2) is 36.0 Å². The summed E-state index contributed by atoms with van der Waals surface area (Å²) in [7, 11) is 0. The van der Waals surface area contributed by atoms with Gasteiger partial charge in [0.05, 0.1) is 6.04 Å². The number of nitrogens with one attached hydrogen (secondary N) is 2. The van der Waals surface area contributed by atoms with E-state index >= 15 is 0 Å². The maximum absolute atomic E-state index is 11.9. The first-order chi connectivity index (χ1) is 7.31. The fourth-order valence-corrected chi connectivity index (χ4v) is 3.50. The summed E-state index contributed by atoms with van der Waals surface area (Å²) in [4.78, 5) is 11.9. The highest BCUT2D eigenvalue weighted by atomic mass is 32.2. The summed E-state index contributed by atoms with van der Waals surface area (Å²) >= 11 is 1.89. The molecular weight excluding hydrogens is 208 g/mol. The lowest BCUT2D eigenvalue weighted by atomic mass is 10.2. The Balaban J connectivity index is 1.82. The van der Waals surface area contributed by atoms with Gasteiger partial charge in [0, 0.05) is 11.3 Å². The summed E-state index contributed by atoms with van der Waals surface area (Å²) in [5.74, 6) is 0.221. The van der Waals surface area contributed by atoms with Gasteiger partial charge in [-0.15, -0.1) is 0 Å². The highest BCUT2D eigenvalue weighted by Crippen LogP contribution is 2.28. The van der Waals surface area contributed by atoms with Crippen LogP contribution in [0.2, 0.25) is 0 Å². The first kappa shape index (κ1) is 11.3. The zero-order valence-corrected chi connectivity index (χ0v) is 10.1. The minimum atomic E-state index is 0.0770. The molecule has 4 heteroatoms. The molecule has 15 heavy (non-hydrogen) atoms. The van der Waals surface area contributed by atoms with Gasteiger partial charge in [0.2, 0.25) is 5.91 Å². The smallest absolute Gasteiger partial charge is 0.237 e. The monoisotopic (exact) mass is 228 g/mol. The van der Waals surface area contributed by atoms with Gasteiger partial charge in [-0.25, -0.2) is 0 Å². The number of carbonyl (C=O) groups is 1. The summed E-state index contributed by atoms with van der Waals surface area (Å²) in [5.41, 5.74) is 0. The predicted octanol–water partition coefficient (Wildman–Crippen LogP) is 1.14. The maximum Gasteiger partial charge on any atom is 0.237 e. The molecule has 1 heterocycles. The zero-order chi connectivity index (χ0) is 10.7. The standard InChI is InChI=1S/C11H20N2OS/c1-15-10-6-2-4-8(10)13-11(14)9-5-3-7-12-9/h8-10,12H,2-7H2,1H3,(H,13,14). The molecule has 0 aromatic rings. The van der Waals surface area contributed by atoms with Crippen molar-refractivity contribution in [3.05, 3.63) is 0 Å².